The number of aliphatic hydroxyl groups is 1. The first-order valence-electron chi connectivity index (χ1n) is 11.7. The molecule has 1 aromatic carbocycles. The number of alkyl carbamates (subject to hydrolysis) is 1. The molecule has 0 aliphatic rings. The predicted molar refractivity (Wildman–Crippen MR) is 127 cm³/mol. The van der Waals surface area contributed by atoms with E-state index in [-0.39, 0.29) is 5.82 Å². The van der Waals surface area contributed by atoms with Crippen molar-refractivity contribution >= 4 is 6.09 Å². The molecule has 3 N–H and O–H groups in total. The van der Waals surface area contributed by atoms with Crippen LogP contribution in [0.4, 0.5) is 9.18 Å². The molecule has 0 saturated heterocycles. The van der Waals surface area contributed by atoms with Gasteiger partial charge in [0.15, 0.2) is 0 Å². The minimum atomic E-state index is -1.22. The number of H-pyrrole nitrogens is 1. The van der Waals surface area contributed by atoms with Crippen molar-refractivity contribution in [2.24, 2.45) is 0 Å². The fourth-order valence-electron chi connectivity index (χ4n) is 3.31. The summed E-state index contributed by atoms with van der Waals surface area (Å²) < 4.78 is 25.7. The van der Waals surface area contributed by atoms with Crippen LogP contribution >= 0.6 is 0 Å². The van der Waals surface area contributed by atoms with Crippen molar-refractivity contribution in [3.8, 4) is 17.0 Å². The van der Waals surface area contributed by atoms with E-state index in [9.17, 15) is 14.3 Å². The lowest BCUT2D eigenvalue weighted by molar-refractivity contribution is 0.0403. The minimum Gasteiger partial charge on any atom is -0.493 e. The Morgan fingerprint density at radius 2 is 1.85 bits per heavy atom. The molecule has 0 radical (unpaired) electrons. The number of benzene rings is 1. The molecule has 1 amide bonds. The summed E-state index contributed by atoms with van der Waals surface area (Å²) in [4.78, 5) is 19.5. The van der Waals surface area contributed by atoms with E-state index in [1.54, 1.807) is 39.8 Å². The average molecular weight is 464 g/mol. The summed E-state index contributed by atoms with van der Waals surface area (Å²) in [6, 6.07) is 4.68. The van der Waals surface area contributed by atoms with Crippen molar-refractivity contribution in [3.05, 3.63) is 36.0 Å². The summed E-state index contributed by atoms with van der Waals surface area (Å²) in [6.07, 6.45) is 7.83. The number of hydrogen-bond donors (Lipinski definition) is 3. The van der Waals surface area contributed by atoms with Crippen LogP contribution in [0.25, 0.3) is 11.3 Å². The second-order valence-corrected chi connectivity index (χ2v) is 9.51. The van der Waals surface area contributed by atoms with E-state index in [1.165, 1.54) is 37.9 Å². The van der Waals surface area contributed by atoms with Crippen molar-refractivity contribution in [1.29, 1.82) is 0 Å². The summed E-state index contributed by atoms with van der Waals surface area (Å²) in [7, 11) is 0. The third-order valence-corrected chi connectivity index (χ3v) is 5.18. The van der Waals surface area contributed by atoms with Crippen LogP contribution in [0.15, 0.2) is 24.4 Å². The van der Waals surface area contributed by atoms with Crippen LogP contribution in [0.5, 0.6) is 5.75 Å². The van der Waals surface area contributed by atoms with Crippen LogP contribution in [0, 0.1) is 5.82 Å². The summed E-state index contributed by atoms with van der Waals surface area (Å²) >= 11 is 0. The van der Waals surface area contributed by atoms with E-state index in [0.717, 1.165) is 12.8 Å². The van der Waals surface area contributed by atoms with Gasteiger partial charge in [0.05, 0.1) is 18.9 Å². The number of hydrogen-bond acceptors (Lipinski definition) is 5. The zero-order valence-corrected chi connectivity index (χ0v) is 20.5. The highest BCUT2D eigenvalue weighted by Gasteiger charge is 2.33. The van der Waals surface area contributed by atoms with Gasteiger partial charge in [0.1, 0.15) is 28.5 Å². The Balaban J connectivity index is 2.01. The lowest BCUT2D eigenvalue weighted by Gasteiger charge is -2.28. The number of aliphatic hydroxyl groups excluding tert-OH is 1. The van der Waals surface area contributed by atoms with E-state index < -0.39 is 29.7 Å². The Kier molecular flexibility index (Phi) is 9.70. The zero-order valence-electron chi connectivity index (χ0n) is 20.5. The fraction of sp³-hybridized carbons (Fsp3) is 0.600. The van der Waals surface area contributed by atoms with Crippen molar-refractivity contribution in [1.82, 2.24) is 15.3 Å². The van der Waals surface area contributed by atoms with Crippen LogP contribution < -0.4 is 10.1 Å². The molecule has 0 aliphatic carbocycles. The molecule has 8 heteroatoms. The van der Waals surface area contributed by atoms with E-state index >= 15 is 0 Å². The third-order valence-electron chi connectivity index (χ3n) is 5.18. The van der Waals surface area contributed by atoms with Gasteiger partial charge in [0, 0.05) is 17.8 Å². The van der Waals surface area contributed by atoms with Crippen LogP contribution in [0.2, 0.25) is 0 Å². The minimum absolute atomic E-state index is 0.286. The molecular formula is C25H38FN3O4. The Morgan fingerprint density at radius 1 is 1.15 bits per heavy atom. The molecule has 0 saturated carbocycles. The largest absolute Gasteiger partial charge is 0.493 e. The molecular weight excluding hydrogens is 425 g/mol. The Labute approximate surface area is 196 Å². The first-order chi connectivity index (χ1) is 15.6. The summed E-state index contributed by atoms with van der Waals surface area (Å²) in [5, 5.41) is 12.5. The van der Waals surface area contributed by atoms with Crippen molar-refractivity contribution in [2.75, 3.05) is 13.2 Å². The smallest absolute Gasteiger partial charge is 0.408 e. The van der Waals surface area contributed by atoms with E-state index in [2.05, 4.69) is 22.2 Å². The number of aromatic nitrogens is 2. The Hall–Kier alpha value is -2.61. The van der Waals surface area contributed by atoms with Crippen LogP contribution in [0.1, 0.15) is 79.0 Å². The summed E-state index contributed by atoms with van der Waals surface area (Å²) in [5.74, 6) is 0.306. The number of carbonyl (C=O) groups is 1. The van der Waals surface area contributed by atoms with E-state index in [4.69, 9.17) is 9.47 Å². The SMILES string of the molecule is CCCCCCCCOc1ccc(-c2c[nH]c([C@](C)(CO)NC(=O)OC(C)(C)C)n2)c(F)c1. The predicted octanol–water partition coefficient (Wildman–Crippen LogP) is 5.69. The maximum atomic E-state index is 14.8. The van der Waals surface area contributed by atoms with Gasteiger partial charge < -0.3 is 24.9 Å². The van der Waals surface area contributed by atoms with Gasteiger partial charge >= 0.3 is 6.09 Å². The second kappa shape index (κ2) is 12.0. The highest BCUT2D eigenvalue weighted by Crippen LogP contribution is 2.27. The lowest BCUT2D eigenvalue weighted by Crippen LogP contribution is -2.48. The lowest BCUT2D eigenvalue weighted by atomic mass is 10.0. The van der Waals surface area contributed by atoms with E-state index in [0.29, 0.717) is 23.6 Å². The van der Waals surface area contributed by atoms with Crippen LogP contribution in [0.3, 0.4) is 0 Å². The molecule has 184 valence electrons. The number of imidazole rings is 1. The number of ether oxygens (including phenoxy) is 2. The number of carbonyl (C=O) groups excluding carboxylic acids is 1. The number of halogens is 1. The zero-order chi connectivity index (χ0) is 24.5. The number of nitrogens with zero attached hydrogens (tertiary/aromatic N) is 1. The number of nitrogens with one attached hydrogen (secondary N) is 2. The first kappa shape index (κ1) is 26.6. The molecule has 2 aromatic rings. The molecule has 0 unspecified atom stereocenters. The normalized spacial score (nSPS) is 13.4. The number of amides is 1. The van der Waals surface area contributed by atoms with Gasteiger partial charge in [-0.2, -0.15) is 0 Å². The summed E-state index contributed by atoms with van der Waals surface area (Å²) in [6.45, 7) is 9.18. The molecule has 33 heavy (non-hydrogen) atoms. The highest BCUT2D eigenvalue weighted by molar-refractivity contribution is 5.69. The topological polar surface area (TPSA) is 96.5 Å². The van der Waals surface area contributed by atoms with Crippen LogP contribution in [-0.2, 0) is 10.3 Å². The van der Waals surface area contributed by atoms with Gasteiger partial charge in [-0.15, -0.1) is 0 Å². The molecule has 7 nitrogen and oxygen atoms in total. The van der Waals surface area contributed by atoms with Crippen LogP contribution in [-0.4, -0.2) is 40.0 Å². The van der Waals surface area contributed by atoms with Gasteiger partial charge in [-0.1, -0.05) is 39.0 Å². The molecule has 0 aliphatic heterocycles. The third kappa shape index (κ3) is 8.35. The quantitative estimate of drug-likeness (QED) is 0.352. The van der Waals surface area contributed by atoms with Crippen molar-refractivity contribution in [2.45, 2.75) is 84.3 Å². The number of rotatable bonds is 12. The molecule has 1 heterocycles. The molecule has 1 aromatic heterocycles. The van der Waals surface area contributed by atoms with Crippen molar-refractivity contribution < 1.29 is 23.8 Å². The maximum Gasteiger partial charge on any atom is 0.408 e. The number of unbranched alkanes of at least 4 members (excludes halogenated alkanes) is 5. The average Bonchev–Trinajstić information content (AvgIpc) is 3.22. The molecule has 0 bridgehead atoms. The van der Waals surface area contributed by atoms with Gasteiger partial charge in [-0.05, 0) is 46.2 Å². The molecule has 2 rings (SSSR count). The maximum absolute atomic E-state index is 14.8. The monoisotopic (exact) mass is 463 g/mol. The first-order valence-corrected chi connectivity index (χ1v) is 11.7. The Bertz CT molecular complexity index is 894. The van der Waals surface area contributed by atoms with E-state index in [1.807, 2.05) is 0 Å². The summed E-state index contributed by atoms with van der Waals surface area (Å²) in [5.41, 5.74) is -1.26. The molecule has 1 atom stereocenters. The molecule has 0 fully saturated rings. The fourth-order valence-corrected chi connectivity index (χ4v) is 3.31. The van der Waals surface area contributed by atoms with Gasteiger partial charge in [-0.25, -0.2) is 14.2 Å². The van der Waals surface area contributed by atoms with Crippen molar-refractivity contribution in [3.63, 3.8) is 0 Å². The Morgan fingerprint density at radius 3 is 2.48 bits per heavy atom. The van der Waals surface area contributed by atoms with Gasteiger partial charge in [-0.3, -0.25) is 0 Å². The standard InChI is InChI=1S/C25H38FN3O4/c1-6-7-8-9-10-11-14-32-18-12-13-19(20(26)15-18)21-16-27-22(28-21)25(5,17-30)29-23(31)33-24(2,3)4/h12-13,15-16,30H,6-11,14,17H2,1-5H3,(H,27,28)(H,29,31)/t25-/m0/s1. The highest BCUT2D eigenvalue weighted by atomic mass is 19.1. The van der Waals surface area contributed by atoms with Gasteiger partial charge in [0.25, 0.3) is 0 Å². The molecule has 0 spiro atoms. The van der Waals surface area contributed by atoms with Gasteiger partial charge in [0.2, 0.25) is 0 Å². The second-order valence-electron chi connectivity index (χ2n) is 9.51. The number of aromatic amines is 1.